The molecule has 0 unspecified atom stereocenters. The number of aryl methyl sites for hydroxylation is 2. The minimum absolute atomic E-state index is 0.376. The number of hydrogen-bond donors (Lipinski definition) is 3. The van der Waals surface area contributed by atoms with E-state index in [0.717, 1.165) is 31.5 Å². The van der Waals surface area contributed by atoms with E-state index in [0.29, 0.717) is 11.1 Å². The van der Waals surface area contributed by atoms with Crippen LogP contribution in [-0.2, 0) is 12.8 Å². The Kier molecular flexibility index (Phi) is 8.51. The van der Waals surface area contributed by atoms with Crippen molar-refractivity contribution in [2.45, 2.75) is 52.9 Å². The Morgan fingerprint density at radius 3 is 2.32 bits per heavy atom. The number of aliphatic imine (C=N–C) groups is 1. The van der Waals surface area contributed by atoms with Gasteiger partial charge >= 0.3 is 0 Å². The van der Waals surface area contributed by atoms with Crippen LogP contribution in [0.4, 0.5) is 5.69 Å². The van der Waals surface area contributed by atoms with Gasteiger partial charge in [0.05, 0.1) is 0 Å². The highest BCUT2D eigenvalue weighted by Crippen LogP contribution is 2.22. The van der Waals surface area contributed by atoms with E-state index in [1.807, 2.05) is 0 Å². The third kappa shape index (κ3) is 6.02. The summed E-state index contributed by atoms with van der Waals surface area (Å²) in [4.78, 5) is 4.28. The molecule has 5 heteroatoms. The van der Waals surface area contributed by atoms with Crippen molar-refractivity contribution >= 4 is 29.0 Å². The second kappa shape index (κ2) is 10.2. The number of nitrogens with two attached hydrogens (primary N) is 1. The lowest BCUT2D eigenvalue weighted by atomic mass is 10.0. The molecule has 1 aromatic rings. The van der Waals surface area contributed by atoms with Crippen molar-refractivity contribution in [3.63, 3.8) is 0 Å². The highest BCUT2D eigenvalue weighted by atomic mass is 32.1. The molecule has 4 N–H and O–H groups in total. The van der Waals surface area contributed by atoms with Crippen LogP contribution in [0.25, 0.3) is 0 Å². The van der Waals surface area contributed by atoms with Crippen LogP contribution >= 0.6 is 12.2 Å². The van der Waals surface area contributed by atoms with Gasteiger partial charge in [-0.3, -0.25) is 4.99 Å². The summed E-state index contributed by atoms with van der Waals surface area (Å²) in [5.41, 5.74) is 9.45. The standard InChI is InChI=1S/C17H28N4S/c1-4-7-8-12-19-16(18)21-17(22)20-15-13(5-2)10-9-11-14(15)6-3/h9-11H,4-8,12H2,1-3H3,(H4,18,19,20,21,22). The van der Waals surface area contributed by atoms with Gasteiger partial charge in [-0.25, -0.2) is 0 Å². The van der Waals surface area contributed by atoms with E-state index in [1.54, 1.807) is 0 Å². The van der Waals surface area contributed by atoms with E-state index >= 15 is 0 Å². The second-order valence-electron chi connectivity index (χ2n) is 5.21. The number of nitrogens with one attached hydrogen (secondary N) is 2. The number of rotatable bonds is 7. The number of para-hydroxylation sites is 1. The summed E-state index contributed by atoms with van der Waals surface area (Å²) < 4.78 is 0. The molecule has 0 fully saturated rings. The minimum Gasteiger partial charge on any atom is -0.370 e. The number of anilines is 1. The highest BCUT2D eigenvalue weighted by molar-refractivity contribution is 7.80. The Labute approximate surface area is 139 Å². The predicted octanol–water partition coefficient (Wildman–Crippen LogP) is 3.60. The largest absolute Gasteiger partial charge is 0.370 e. The van der Waals surface area contributed by atoms with Crippen LogP contribution in [-0.4, -0.2) is 17.6 Å². The Morgan fingerprint density at radius 1 is 1.14 bits per heavy atom. The fourth-order valence-electron chi connectivity index (χ4n) is 2.27. The van der Waals surface area contributed by atoms with E-state index in [4.69, 9.17) is 18.0 Å². The van der Waals surface area contributed by atoms with Crippen molar-refractivity contribution in [3.8, 4) is 0 Å². The fraction of sp³-hybridized carbons (Fsp3) is 0.529. The maximum atomic E-state index is 5.86. The summed E-state index contributed by atoms with van der Waals surface area (Å²) in [5, 5.41) is 6.72. The number of guanidine groups is 1. The van der Waals surface area contributed by atoms with Gasteiger partial charge in [0, 0.05) is 12.2 Å². The van der Waals surface area contributed by atoms with Gasteiger partial charge in [0.1, 0.15) is 0 Å². The van der Waals surface area contributed by atoms with Gasteiger partial charge in [-0.05, 0) is 42.6 Å². The molecule has 0 aromatic heterocycles. The zero-order chi connectivity index (χ0) is 16.4. The number of unbranched alkanes of at least 4 members (excludes halogenated alkanes) is 2. The monoisotopic (exact) mass is 320 g/mol. The molecule has 1 rings (SSSR count). The lowest BCUT2D eigenvalue weighted by Crippen LogP contribution is -2.39. The zero-order valence-electron chi connectivity index (χ0n) is 13.9. The number of benzene rings is 1. The van der Waals surface area contributed by atoms with Crippen molar-refractivity contribution < 1.29 is 0 Å². The first-order chi connectivity index (χ1) is 10.6. The summed E-state index contributed by atoms with van der Waals surface area (Å²) in [5.74, 6) is 0.376. The van der Waals surface area contributed by atoms with Crippen LogP contribution in [0.2, 0.25) is 0 Å². The highest BCUT2D eigenvalue weighted by Gasteiger charge is 2.08. The molecule has 0 bridgehead atoms. The van der Waals surface area contributed by atoms with Crippen molar-refractivity contribution in [1.82, 2.24) is 5.32 Å². The van der Waals surface area contributed by atoms with Crippen molar-refractivity contribution in [2.75, 3.05) is 11.9 Å². The van der Waals surface area contributed by atoms with Crippen molar-refractivity contribution in [1.29, 1.82) is 0 Å². The van der Waals surface area contributed by atoms with Crippen LogP contribution in [0.15, 0.2) is 23.2 Å². The average molecular weight is 321 g/mol. The normalized spacial score (nSPS) is 11.3. The first-order valence-electron chi connectivity index (χ1n) is 8.11. The molecule has 4 nitrogen and oxygen atoms in total. The fourth-order valence-corrected chi connectivity index (χ4v) is 2.47. The number of thiocarbonyl (C=S) groups is 1. The van der Waals surface area contributed by atoms with Gasteiger partial charge < -0.3 is 16.4 Å². The molecule has 22 heavy (non-hydrogen) atoms. The van der Waals surface area contributed by atoms with Gasteiger partial charge in [0.15, 0.2) is 11.1 Å². The third-order valence-corrected chi connectivity index (χ3v) is 3.73. The Balaban J connectivity index is 2.65. The molecular formula is C17H28N4S. The van der Waals surface area contributed by atoms with Crippen LogP contribution in [0.1, 0.15) is 51.2 Å². The molecule has 1 aromatic carbocycles. The number of hydrogen-bond acceptors (Lipinski definition) is 2. The maximum absolute atomic E-state index is 5.86. The van der Waals surface area contributed by atoms with E-state index < -0.39 is 0 Å². The quantitative estimate of drug-likeness (QED) is 0.311. The van der Waals surface area contributed by atoms with E-state index in [-0.39, 0.29) is 0 Å². The van der Waals surface area contributed by atoms with Crippen LogP contribution in [0.5, 0.6) is 0 Å². The molecule has 0 aliphatic rings. The smallest absolute Gasteiger partial charge is 0.194 e. The summed E-state index contributed by atoms with van der Waals surface area (Å²) in [7, 11) is 0. The molecule has 0 atom stereocenters. The maximum Gasteiger partial charge on any atom is 0.194 e. The topological polar surface area (TPSA) is 62.4 Å². The molecular weight excluding hydrogens is 292 g/mol. The molecule has 0 spiro atoms. The third-order valence-electron chi connectivity index (χ3n) is 3.52. The predicted molar refractivity (Wildman–Crippen MR) is 101 cm³/mol. The second-order valence-corrected chi connectivity index (χ2v) is 5.62. The molecule has 0 saturated heterocycles. The lowest BCUT2D eigenvalue weighted by Gasteiger charge is -2.16. The SMILES string of the molecule is CCCCCN=C(N)NC(=S)Nc1c(CC)cccc1CC. The van der Waals surface area contributed by atoms with Crippen molar-refractivity contribution in [3.05, 3.63) is 29.3 Å². The Bertz CT molecular complexity index is 489. The van der Waals surface area contributed by atoms with Gasteiger partial charge in [0.2, 0.25) is 0 Å². The molecule has 0 radical (unpaired) electrons. The van der Waals surface area contributed by atoms with Gasteiger partial charge in [-0.1, -0.05) is 51.8 Å². The Morgan fingerprint density at radius 2 is 1.77 bits per heavy atom. The minimum atomic E-state index is 0.376. The summed E-state index contributed by atoms with van der Waals surface area (Å²) in [6.45, 7) is 7.18. The zero-order valence-corrected chi connectivity index (χ0v) is 14.7. The van der Waals surface area contributed by atoms with Gasteiger partial charge in [-0.15, -0.1) is 0 Å². The summed E-state index contributed by atoms with van der Waals surface area (Å²) in [6.07, 6.45) is 5.32. The molecule has 122 valence electrons. The molecule has 0 heterocycles. The summed E-state index contributed by atoms with van der Waals surface area (Å²) >= 11 is 5.35. The first-order valence-corrected chi connectivity index (χ1v) is 8.51. The summed E-state index contributed by atoms with van der Waals surface area (Å²) in [6, 6.07) is 6.32. The van der Waals surface area contributed by atoms with Crippen LogP contribution < -0.4 is 16.4 Å². The van der Waals surface area contributed by atoms with Gasteiger partial charge in [0.25, 0.3) is 0 Å². The van der Waals surface area contributed by atoms with Gasteiger partial charge in [-0.2, -0.15) is 0 Å². The van der Waals surface area contributed by atoms with Crippen molar-refractivity contribution in [2.24, 2.45) is 10.7 Å². The average Bonchev–Trinajstić information content (AvgIpc) is 2.51. The lowest BCUT2D eigenvalue weighted by molar-refractivity contribution is 0.726. The van der Waals surface area contributed by atoms with Crippen LogP contribution in [0.3, 0.4) is 0 Å². The van der Waals surface area contributed by atoms with E-state index in [1.165, 1.54) is 24.0 Å². The molecule has 0 saturated carbocycles. The number of nitrogens with zero attached hydrogens (tertiary/aromatic N) is 1. The van der Waals surface area contributed by atoms with Crippen LogP contribution in [0, 0.1) is 0 Å². The van der Waals surface area contributed by atoms with E-state index in [9.17, 15) is 0 Å². The molecule has 0 aliphatic heterocycles. The Hall–Kier alpha value is -1.62. The van der Waals surface area contributed by atoms with E-state index in [2.05, 4.69) is 54.6 Å². The first kappa shape index (κ1) is 18.4. The molecule has 0 aliphatic carbocycles. The molecule has 0 amide bonds.